The van der Waals surface area contributed by atoms with Crippen molar-refractivity contribution in [2.75, 3.05) is 0 Å². The van der Waals surface area contributed by atoms with Gasteiger partial charge in [0.25, 0.3) is 0 Å². The lowest BCUT2D eigenvalue weighted by Gasteiger charge is -2.06. The van der Waals surface area contributed by atoms with Gasteiger partial charge in [0.05, 0.1) is 0 Å². The molecule has 0 bridgehead atoms. The predicted octanol–water partition coefficient (Wildman–Crippen LogP) is 2.83. The molecule has 0 saturated heterocycles. The van der Waals surface area contributed by atoms with Crippen LogP contribution >= 0.6 is 0 Å². The fourth-order valence-corrected chi connectivity index (χ4v) is 0.892. The molecule has 0 nitrogen and oxygen atoms in total. The Morgan fingerprint density at radius 2 is 1.80 bits per heavy atom. The third-order valence-corrected chi connectivity index (χ3v) is 1.62. The van der Waals surface area contributed by atoms with Crippen molar-refractivity contribution in [2.24, 2.45) is 0 Å². The summed E-state index contributed by atoms with van der Waals surface area (Å²) in [7, 11) is 0. The molecule has 0 heterocycles. The second-order valence-corrected chi connectivity index (χ2v) is 2.40. The molecule has 10 heavy (non-hydrogen) atoms. The van der Waals surface area contributed by atoms with Gasteiger partial charge in [-0.25, -0.2) is 0 Å². The topological polar surface area (TPSA) is 0 Å². The molecular weight excluding hydrogens is 120 g/mol. The van der Waals surface area contributed by atoms with Crippen LogP contribution in [0.5, 0.6) is 0 Å². The third kappa shape index (κ3) is 1.60. The average molecular weight is 132 g/mol. The van der Waals surface area contributed by atoms with E-state index >= 15 is 0 Å². The van der Waals surface area contributed by atoms with Gasteiger partial charge in [0.15, 0.2) is 0 Å². The van der Waals surface area contributed by atoms with Gasteiger partial charge in [0.1, 0.15) is 0 Å². The maximum absolute atomic E-state index is 3.96. The van der Waals surface area contributed by atoms with Crippen molar-refractivity contribution in [3.8, 4) is 0 Å². The highest BCUT2D eigenvalue weighted by Gasteiger charge is 1.99. The Morgan fingerprint density at radius 1 is 1.20 bits per heavy atom. The maximum atomic E-state index is 3.96. The van der Waals surface area contributed by atoms with Crippen molar-refractivity contribution in [2.45, 2.75) is 12.3 Å². The lowest BCUT2D eigenvalue weighted by atomic mass is 9.99. The smallest absolute Gasteiger partial charge is 0.0162 e. The molecule has 1 unspecified atom stereocenters. The Morgan fingerprint density at radius 3 is 2.30 bits per heavy atom. The predicted molar refractivity (Wildman–Crippen MR) is 44.5 cm³/mol. The zero-order chi connectivity index (χ0) is 7.40. The van der Waals surface area contributed by atoms with Crippen LogP contribution in [0.25, 0.3) is 0 Å². The first-order valence-corrected chi connectivity index (χ1v) is 3.52. The van der Waals surface area contributed by atoms with Crippen molar-refractivity contribution in [1.29, 1.82) is 0 Å². The van der Waals surface area contributed by atoms with Gasteiger partial charge in [0, 0.05) is 0 Å². The summed E-state index contributed by atoms with van der Waals surface area (Å²) in [6.45, 7) is 7.76. The molecule has 0 saturated carbocycles. The molecule has 0 N–H and O–H groups in total. The van der Waals surface area contributed by atoms with Gasteiger partial charge in [0.2, 0.25) is 0 Å². The number of benzene rings is 1. The summed E-state index contributed by atoms with van der Waals surface area (Å²) in [5.41, 5.74) is 1.28. The van der Waals surface area contributed by atoms with Crippen molar-refractivity contribution >= 4 is 0 Å². The molecule has 52 valence electrons. The molecule has 2 radical (unpaired) electrons. The monoisotopic (exact) mass is 132 g/mol. The van der Waals surface area contributed by atoms with Gasteiger partial charge >= 0.3 is 0 Å². The Bertz CT molecular complexity index is 176. The van der Waals surface area contributed by atoms with E-state index in [1.165, 1.54) is 5.56 Å². The van der Waals surface area contributed by atoms with Gasteiger partial charge in [-0.05, 0) is 24.8 Å². The Balaban J connectivity index is 2.75. The molecule has 0 fully saturated rings. The van der Waals surface area contributed by atoms with Gasteiger partial charge < -0.3 is 0 Å². The highest BCUT2D eigenvalue weighted by atomic mass is 14.0. The molecule has 0 amide bonds. The molecule has 0 aromatic heterocycles. The molecule has 0 aliphatic carbocycles. The molecule has 0 aliphatic heterocycles. The second kappa shape index (κ2) is 3.40. The fraction of sp³-hybridized carbons (Fsp3) is 0.200. The third-order valence-electron chi connectivity index (χ3n) is 1.62. The van der Waals surface area contributed by atoms with Crippen LogP contribution < -0.4 is 0 Å². The molecule has 1 aromatic rings. The van der Waals surface area contributed by atoms with E-state index in [-0.39, 0.29) is 0 Å². The Hall–Kier alpha value is -0.780. The standard InChI is InChI=1S/C10H12/c1-3-9(2)10-7-5-4-6-8-10/h4-9H,1-3H2. The highest BCUT2D eigenvalue weighted by molar-refractivity contribution is 5.20. The summed E-state index contributed by atoms with van der Waals surface area (Å²) < 4.78 is 0. The van der Waals surface area contributed by atoms with Gasteiger partial charge in [-0.15, -0.1) is 0 Å². The van der Waals surface area contributed by atoms with Crippen molar-refractivity contribution in [3.63, 3.8) is 0 Å². The summed E-state index contributed by atoms with van der Waals surface area (Å²) in [5, 5.41) is 0. The molecule has 0 spiro atoms. The number of rotatable bonds is 2. The van der Waals surface area contributed by atoms with Crippen LogP contribution in [0.1, 0.15) is 17.9 Å². The van der Waals surface area contributed by atoms with E-state index in [9.17, 15) is 0 Å². The lowest BCUT2D eigenvalue weighted by Crippen LogP contribution is -1.89. The van der Waals surface area contributed by atoms with Crippen molar-refractivity contribution in [3.05, 3.63) is 49.7 Å². The van der Waals surface area contributed by atoms with Gasteiger partial charge in [-0.1, -0.05) is 37.3 Å². The van der Waals surface area contributed by atoms with Crippen LogP contribution in [0.3, 0.4) is 0 Å². The first kappa shape index (κ1) is 7.33. The summed E-state index contributed by atoms with van der Waals surface area (Å²) in [5.74, 6) is 0.348. The van der Waals surface area contributed by atoms with E-state index in [1.807, 2.05) is 18.2 Å². The van der Waals surface area contributed by atoms with E-state index in [0.717, 1.165) is 6.42 Å². The van der Waals surface area contributed by atoms with Crippen LogP contribution in [-0.2, 0) is 0 Å². The Kier molecular flexibility index (Phi) is 2.49. The molecular formula is C10H12. The zero-order valence-electron chi connectivity index (χ0n) is 6.09. The van der Waals surface area contributed by atoms with E-state index in [0.29, 0.717) is 5.92 Å². The maximum Gasteiger partial charge on any atom is -0.0162 e. The van der Waals surface area contributed by atoms with Crippen molar-refractivity contribution < 1.29 is 0 Å². The molecule has 1 rings (SSSR count). The van der Waals surface area contributed by atoms with Crippen LogP contribution in [0.15, 0.2) is 30.3 Å². The normalized spacial score (nSPS) is 13.0. The van der Waals surface area contributed by atoms with E-state index in [4.69, 9.17) is 0 Å². The van der Waals surface area contributed by atoms with Gasteiger partial charge in [-0.3, -0.25) is 0 Å². The van der Waals surface area contributed by atoms with E-state index in [1.54, 1.807) is 0 Å². The minimum Gasteiger partial charge on any atom is -0.0622 e. The van der Waals surface area contributed by atoms with E-state index < -0.39 is 0 Å². The zero-order valence-corrected chi connectivity index (χ0v) is 6.09. The first-order valence-electron chi connectivity index (χ1n) is 3.52. The van der Waals surface area contributed by atoms with Crippen LogP contribution in [0.4, 0.5) is 0 Å². The van der Waals surface area contributed by atoms with Gasteiger partial charge in [-0.2, -0.15) is 0 Å². The summed E-state index contributed by atoms with van der Waals surface area (Å²) >= 11 is 0. The average Bonchev–Trinajstić information content (AvgIpc) is 2.05. The molecule has 0 aliphatic rings. The number of hydrogen-bond acceptors (Lipinski definition) is 0. The summed E-state index contributed by atoms with van der Waals surface area (Å²) in [6.07, 6.45) is 0.865. The molecule has 1 aromatic carbocycles. The largest absolute Gasteiger partial charge is 0.0622 e. The quantitative estimate of drug-likeness (QED) is 0.580. The molecule has 0 heteroatoms. The minimum atomic E-state index is 0.348. The van der Waals surface area contributed by atoms with Crippen LogP contribution in [-0.4, -0.2) is 0 Å². The summed E-state index contributed by atoms with van der Waals surface area (Å²) in [6, 6.07) is 10.2. The van der Waals surface area contributed by atoms with E-state index in [2.05, 4.69) is 26.0 Å². The van der Waals surface area contributed by atoms with Crippen LogP contribution in [0.2, 0.25) is 0 Å². The molecule has 1 atom stereocenters. The first-order chi connectivity index (χ1) is 4.84. The minimum absolute atomic E-state index is 0.348. The SMILES string of the molecule is [CH2]CC([CH2])c1ccccc1. The fourth-order valence-electron chi connectivity index (χ4n) is 0.892. The number of hydrogen-bond donors (Lipinski definition) is 0. The highest BCUT2D eigenvalue weighted by Crippen LogP contribution is 2.16. The Labute approximate surface area is 62.9 Å². The summed E-state index contributed by atoms with van der Waals surface area (Å²) in [4.78, 5) is 0. The van der Waals surface area contributed by atoms with Crippen molar-refractivity contribution in [1.82, 2.24) is 0 Å². The van der Waals surface area contributed by atoms with Crippen LogP contribution in [0, 0.1) is 13.8 Å². The second-order valence-electron chi connectivity index (χ2n) is 2.40. The lowest BCUT2D eigenvalue weighted by molar-refractivity contribution is 0.857.